The number of carbonyl (C=O) groups is 1. The smallest absolute Gasteiger partial charge is 0.195 e. The van der Waals surface area contributed by atoms with E-state index in [2.05, 4.69) is 15.9 Å². The molecule has 0 radical (unpaired) electrons. The Bertz CT molecular complexity index is 506. The summed E-state index contributed by atoms with van der Waals surface area (Å²) in [5, 5.41) is 3.73. The summed E-state index contributed by atoms with van der Waals surface area (Å²) in [6.07, 6.45) is 0. The van der Waals surface area contributed by atoms with Gasteiger partial charge in [0.1, 0.15) is 5.75 Å². The topological polar surface area (TPSA) is 26.3 Å². The van der Waals surface area contributed by atoms with E-state index in [-0.39, 0.29) is 5.78 Å². The molecule has 1 heterocycles. The third-order valence-corrected chi connectivity index (χ3v) is 3.58. The van der Waals surface area contributed by atoms with Crippen molar-refractivity contribution in [3.63, 3.8) is 0 Å². The van der Waals surface area contributed by atoms with Crippen LogP contribution in [0.4, 0.5) is 0 Å². The van der Waals surface area contributed by atoms with Crippen LogP contribution in [0.15, 0.2) is 39.5 Å². The van der Waals surface area contributed by atoms with Crippen molar-refractivity contribution in [2.45, 2.75) is 0 Å². The summed E-state index contributed by atoms with van der Waals surface area (Å²) in [4.78, 5) is 12.1. The minimum atomic E-state index is 0.00650. The molecule has 0 amide bonds. The average Bonchev–Trinajstić information content (AvgIpc) is 2.82. The maximum Gasteiger partial charge on any atom is 0.195 e. The minimum absolute atomic E-state index is 0.00650. The lowest BCUT2D eigenvalue weighted by Gasteiger charge is -2.05. The number of halogens is 1. The van der Waals surface area contributed by atoms with Crippen LogP contribution in [0.2, 0.25) is 0 Å². The van der Waals surface area contributed by atoms with Crippen LogP contribution in [0.1, 0.15) is 15.9 Å². The summed E-state index contributed by atoms with van der Waals surface area (Å²) < 4.78 is 5.89. The maximum absolute atomic E-state index is 12.1. The van der Waals surface area contributed by atoms with Gasteiger partial charge in [0.25, 0.3) is 0 Å². The lowest BCUT2D eigenvalue weighted by molar-refractivity contribution is 0.103. The largest absolute Gasteiger partial charge is 0.497 e. The van der Waals surface area contributed by atoms with Gasteiger partial charge in [-0.05, 0) is 29.6 Å². The molecular formula is C12H9BrO2S. The Morgan fingerprint density at radius 1 is 1.38 bits per heavy atom. The van der Waals surface area contributed by atoms with Gasteiger partial charge in [0.15, 0.2) is 5.78 Å². The van der Waals surface area contributed by atoms with Gasteiger partial charge in [-0.25, -0.2) is 0 Å². The standard InChI is InChI=1S/C12H9BrO2S/c1-15-9-2-3-11(13)10(6-9)12(14)8-4-5-16-7-8/h2-7H,1H3. The Hall–Kier alpha value is -1.13. The van der Waals surface area contributed by atoms with Crippen molar-refractivity contribution >= 4 is 33.0 Å². The molecule has 1 aromatic carbocycles. The van der Waals surface area contributed by atoms with E-state index in [1.54, 1.807) is 13.2 Å². The normalized spacial score (nSPS) is 10.1. The molecule has 0 unspecified atom stereocenters. The van der Waals surface area contributed by atoms with E-state index in [0.29, 0.717) is 16.9 Å². The van der Waals surface area contributed by atoms with Gasteiger partial charge in [-0.1, -0.05) is 15.9 Å². The van der Waals surface area contributed by atoms with Crippen LogP contribution in [0.25, 0.3) is 0 Å². The molecule has 0 aliphatic rings. The molecule has 2 aromatic rings. The molecule has 0 saturated carbocycles. The molecule has 0 aliphatic heterocycles. The number of benzene rings is 1. The van der Waals surface area contributed by atoms with Crippen LogP contribution in [-0.4, -0.2) is 12.9 Å². The van der Waals surface area contributed by atoms with E-state index in [9.17, 15) is 4.79 Å². The van der Waals surface area contributed by atoms with Crippen LogP contribution in [0, 0.1) is 0 Å². The number of hydrogen-bond acceptors (Lipinski definition) is 3. The summed E-state index contributed by atoms with van der Waals surface area (Å²) >= 11 is 4.88. The Balaban J connectivity index is 2.43. The van der Waals surface area contributed by atoms with E-state index in [4.69, 9.17) is 4.74 Å². The zero-order valence-corrected chi connectivity index (χ0v) is 11.0. The Morgan fingerprint density at radius 2 is 2.19 bits per heavy atom. The van der Waals surface area contributed by atoms with Crippen molar-refractivity contribution in [3.05, 3.63) is 50.6 Å². The molecule has 0 bridgehead atoms. The molecule has 4 heteroatoms. The average molecular weight is 297 g/mol. The zero-order valence-electron chi connectivity index (χ0n) is 8.57. The van der Waals surface area contributed by atoms with E-state index in [0.717, 1.165) is 4.47 Å². The predicted molar refractivity (Wildman–Crippen MR) is 68.4 cm³/mol. The van der Waals surface area contributed by atoms with E-state index >= 15 is 0 Å². The summed E-state index contributed by atoms with van der Waals surface area (Å²) in [5.74, 6) is 0.689. The van der Waals surface area contributed by atoms with Crippen LogP contribution in [-0.2, 0) is 0 Å². The predicted octanol–water partition coefficient (Wildman–Crippen LogP) is 3.75. The van der Waals surface area contributed by atoms with Crippen molar-refractivity contribution in [1.82, 2.24) is 0 Å². The molecule has 1 aromatic heterocycles. The second kappa shape index (κ2) is 4.80. The molecule has 2 nitrogen and oxygen atoms in total. The first-order valence-corrected chi connectivity index (χ1v) is 6.36. The summed E-state index contributed by atoms with van der Waals surface area (Å²) in [6, 6.07) is 7.19. The number of methoxy groups -OCH3 is 1. The maximum atomic E-state index is 12.1. The number of hydrogen-bond donors (Lipinski definition) is 0. The lowest BCUT2D eigenvalue weighted by Crippen LogP contribution is -2.01. The Morgan fingerprint density at radius 3 is 2.81 bits per heavy atom. The van der Waals surface area contributed by atoms with Crippen molar-refractivity contribution < 1.29 is 9.53 Å². The third-order valence-electron chi connectivity index (χ3n) is 2.20. The fraction of sp³-hybridized carbons (Fsp3) is 0.0833. The van der Waals surface area contributed by atoms with Gasteiger partial charge < -0.3 is 4.74 Å². The number of ketones is 1. The molecule has 2 rings (SSSR count). The minimum Gasteiger partial charge on any atom is -0.497 e. The van der Waals surface area contributed by atoms with Crippen molar-refractivity contribution in [3.8, 4) is 5.75 Å². The van der Waals surface area contributed by atoms with Crippen molar-refractivity contribution in [2.24, 2.45) is 0 Å². The molecule has 0 fully saturated rings. The number of ether oxygens (including phenoxy) is 1. The summed E-state index contributed by atoms with van der Waals surface area (Å²) in [7, 11) is 1.59. The van der Waals surface area contributed by atoms with E-state index < -0.39 is 0 Å². The third kappa shape index (κ3) is 2.18. The quantitative estimate of drug-likeness (QED) is 0.807. The molecule has 16 heavy (non-hydrogen) atoms. The van der Waals surface area contributed by atoms with Crippen LogP contribution in [0.3, 0.4) is 0 Å². The number of carbonyl (C=O) groups excluding carboxylic acids is 1. The molecule has 0 spiro atoms. The molecule has 0 aliphatic carbocycles. The van der Waals surface area contributed by atoms with Gasteiger partial charge >= 0.3 is 0 Å². The van der Waals surface area contributed by atoms with Gasteiger partial charge in [-0.2, -0.15) is 11.3 Å². The highest BCUT2D eigenvalue weighted by Crippen LogP contribution is 2.25. The van der Waals surface area contributed by atoms with Gasteiger partial charge in [-0.15, -0.1) is 0 Å². The van der Waals surface area contributed by atoms with Gasteiger partial charge in [-0.3, -0.25) is 4.79 Å². The van der Waals surface area contributed by atoms with Crippen LogP contribution < -0.4 is 4.74 Å². The highest BCUT2D eigenvalue weighted by Gasteiger charge is 2.13. The van der Waals surface area contributed by atoms with E-state index in [1.807, 2.05) is 29.0 Å². The second-order valence-corrected chi connectivity index (χ2v) is 4.82. The van der Waals surface area contributed by atoms with Gasteiger partial charge in [0.2, 0.25) is 0 Å². The van der Waals surface area contributed by atoms with Crippen molar-refractivity contribution in [1.29, 1.82) is 0 Å². The fourth-order valence-electron chi connectivity index (χ4n) is 1.35. The summed E-state index contributed by atoms with van der Waals surface area (Å²) in [6.45, 7) is 0. The first-order valence-electron chi connectivity index (χ1n) is 4.63. The van der Waals surface area contributed by atoms with Gasteiger partial charge in [0, 0.05) is 21.0 Å². The lowest BCUT2D eigenvalue weighted by atomic mass is 10.1. The van der Waals surface area contributed by atoms with Crippen LogP contribution >= 0.6 is 27.3 Å². The highest BCUT2D eigenvalue weighted by molar-refractivity contribution is 9.10. The first-order chi connectivity index (χ1) is 7.72. The second-order valence-electron chi connectivity index (χ2n) is 3.19. The van der Waals surface area contributed by atoms with Crippen LogP contribution in [0.5, 0.6) is 5.75 Å². The zero-order chi connectivity index (χ0) is 11.5. The van der Waals surface area contributed by atoms with Crippen molar-refractivity contribution in [2.75, 3.05) is 7.11 Å². The summed E-state index contributed by atoms with van der Waals surface area (Å²) in [5.41, 5.74) is 1.33. The van der Waals surface area contributed by atoms with E-state index in [1.165, 1.54) is 11.3 Å². The number of thiophene rings is 1. The van der Waals surface area contributed by atoms with Gasteiger partial charge in [0.05, 0.1) is 7.11 Å². The molecule has 0 saturated heterocycles. The highest BCUT2D eigenvalue weighted by atomic mass is 79.9. The molecule has 0 atom stereocenters. The Labute approximate surface area is 106 Å². The molecule has 0 N–H and O–H groups in total. The Kier molecular flexibility index (Phi) is 3.41. The molecule has 82 valence electrons. The number of rotatable bonds is 3. The fourth-order valence-corrected chi connectivity index (χ4v) is 2.42. The first kappa shape index (κ1) is 11.4. The molecular weight excluding hydrogens is 288 g/mol. The SMILES string of the molecule is COc1ccc(Br)c(C(=O)c2ccsc2)c1. The monoisotopic (exact) mass is 296 g/mol.